The van der Waals surface area contributed by atoms with E-state index in [2.05, 4.69) is 24.1 Å². The summed E-state index contributed by atoms with van der Waals surface area (Å²) < 4.78 is 5.49. The number of hydrogen-bond acceptors (Lipinski definition) is 4. The van der Waals surface area contributed by atoms with E-state index in [1.807, 2.05) is 26.2 Å². The molecule has 1 aromatic carbocycles. The Morgan fingerprint density at radius 2 is 2.10 bits per heavy atom. The van der Waals surface area contributed by atoms with E-state index in [0.717, 1.165) is 0 Å². The number of hydrogen-bond donors (Lipinski definition) is 2. The Balaban J connectivity index is 2.27. The third-order valence-electron chi connectivity index (χ3n) is 3.38. The van der Waals surface area contributed by atoms with Crippen molar-refractivity contribution in [1.29, 1.82) is 0 Å². The molecule has 0 bridgehead atoms. The van der Waals surface area contributed by atoms with Gasteiger partial charge in [-0.05, 0) is 40.1 Å². The lowest BCUT2D eigenvalue weighted by atomic mass is 10.0. The minimum Gasteiger partial charge on any atom is -0.493 e. The lowest BCUT2D eigenvalue weighted by Crippen LogP contribution is -2.48. The molecular formula is C15H25N3O2. The molecule has 0 unspecified atom stereocenters. The largest absolute Gasteiger partial charge is 0.493 e. The molecule has 3 N–H and O–H groups in total. The van der Waals surface area contributed by atoms with Crippen LogP contribution in [0.4, 0.5) is 5.69 Å². The van der Waals surface area contributed by atoms with Crippen LogP contribution in [0.15, 0.2) is 24.3 Å². The summed E-state index contributed by atoms with van der Waals surface area (Å²) in [5, 5.41) is 2.92. The number of anilines is 1. The van der Waals surface area contributed by atoms with Gasteiger partial charge in [0.25, 0.3) is 0 Å². The van der Waals surface area contributed by atoms with Crippen LogP contribution in [0.3, 0.4) is 0 Å². The van der Waals surface area contributed by atoms with Gasteiger partial charge < -0.3 is 20.7 Å². The van der Waals surface area contributed by atoms with Crippen LogP contribution in [0, 0.1) is 0 Å². The number of nitrogens with zero attached hydrogens (tertiary/aromatic N) is 1. The van der Waals surface area contributed by atoms with Crippen molar-refractivity contribution in [3.63, 3.8) is 0 Å². The highest BCUT2D eigenvalue weighted by Gasteiger charge is 2.20. The van der Waals surface area contributed by atoms with Gasteiger partial charge in [-0.15, -0.1) is 0 Å². The quantitative estimate of drug-likeness (QED) is 0.742. The Morgan fingerprint density at radius 3 is 2.70 bits per heavy atom. The summed E-state index contributed by atoms with van der Waals surface area (Å²) in [4.78, 5) is 13.8. The van der Waals surface area contributed by atoms with Gasteiger partial charge in [0.05, 0.1) is 13.0 Å². The normalized spacial score (nSPS) is 11.4. The number of carbonyl (C=O) groups is 1. The first-order chi connectivity index (χ1) is 9.31. The maximum absolute atomic E-state index is 11.7. The number of rotatable bonds is 7. The van der Waals surface area contributed by atoms with E-state index in [1.54, 1.807) is 12.1 Å². The summed E-state index contributed by atoms with van der Waals surface area (Å²) in [5.74, 6) is 0.676. The van der Waals surface area contributed by atoms with Crippen molar-refractivity contribution in [3.8, 4) is 5.75 Å². The van der Waals surface area contributed by atoms with Crippen LogP contribution in [-0.2, 0) is 4.79 Å². The van der Waals surface area contributed by atoms with Gasteiger partial charge in [-0.2, -0.15) is 0 Å². The molecule has 0 aliphatic heterocycles. The number of nitrogen functional groups attached to an aromatic ring is 1. The highest BCUT2D eigenvalue weighted by Crippen LogP contribution is 2.14. The number of nitrogens with two attached hydrogens (primary N) is 1. The highest BCUT2D eigenvalue weighted by molar-refractivity contribution is 5.76. The molecule has 1 aromatic rings. The van der Waals surface area contributed by atoms with Crippen molar-refractivity contribution in [2.75, 3.05) is 33.0 Å². The molecule has 0 spiro atoms. The molecule has 0 saturated heterocycles. The first-order valence-corrected chi connectivity index (χ1v) is 6.74. The lowest BCUT2D eigenvalue weighted by Gasteiger charge is -2.32. The second kappa shape index (κ2) is 7.14. The van der Waals surface area contributed by atoms with Gasteiger partial charge in [-0.25, -0.2) is 0 Å². The molecule has 112 valence electrons. The molecular weight excluding hydrogens is 254 g/mol. The fourth-order valence-electron chi connectivity index (χ4n) is 1.43. The van der Waals surface area contributed by atoms with Gasteiger partial charge in [0.1, 0.15) is 5.75 Å². The van der Waals surface area contributed by atoms with Crippen LogP contribution in [0.25, 0.3) is 0 Å². The molecule has 0 heterocycles. The zero-order chi connectivity index (χ0) is 15.2. The van der Waals surface area contributed by atoms with Crippen molar-refractivity contribution in [2.24, 2.45) is 0 Å². The van der Waals surface area contributed by atoms with Crippen molar-refractivity contribution < 1.29 is 9.53 Å². The predicted octanol–water partition coefficient (Wildman–Crippen LogP) is 1.49. The van der Waals surface area contributed by atoms with Gasteiger partial charge >= 0.3 is 0 Å². The monoisotopic (exact) mass is 279 g/mol. The van der Waals surface area contributed by atoms with Gasteiger partial charge in [0.2, 0.25) is 5.91 Å². The molecule has 1 rings (SSSR count). The average molecular weight is 279 g/mol. The van der Waals surface area contributed by atoms with Crippen molar-refractivity contribution in [2.45, 2.75) is 25.8 Å². The summed E-state index contributed by atoms with van der Waals surface area (Å²) in [6.07, 6.45) is 0.332. The van der Waals surface area contributed by atoms with Crippen LogP contribution >= 0.6 is 0 Å². The molecule has 5 heteroatoms. The summed E-state index contributed by atoms with van der Waals surface area (Å²) in [6, 6.07) is 7.18. The van der Waals surface area contributed by atoms with E-state index >= 15 is 0 Å². The molecule has 0 fully saturated rings. The van der Waals surface area contributed by atoms with Crippen LogP contribution in [-0.4, -0.2) is 43.6 Å². The molecule has 0 saturated carbocycles. The van der Waals surface area contributed by atoms with E-state index in [9.17, 15) is 4.79 Å². The molecule has 0 radical (unpaired) electrons. The topological polar surface area (TPSA) is 67.6 Å². The van der Waals surface area contributed by atoms with Crippen LogP contribution in [0.2, 0.25) is 0 Å². The Labute approximate surface area is 121 Å². The number of benzene rings is 1. The fourth-order valence-corrected chi connectivity index (χ4v) is 1.43. The fraction of sp³-hybridized carbons (Fsp3) is 0.533. The molecule has 5 nitrogen and oxygen atoms in total. The first-order valence-electron chi connectivity index (χ1n) is 6.74. The Hall–Kier alpha value is -1.75. The second-order valence-corrected chi connectivity index (χ2v) is 5.65. The first kappa shape index (κ1) is 16.3. The van der Waals surface area contributed by atoms with Gasteiger partial charge in [-0.3, -0.25) is 4.79 Å². The van der Waals surface area contributed by atoms with Crippen LogP contribution in [0.5, 0.6) is 5.75 Å². The minimum absolute atomic E-state index is 0.0103. The number of amides is 1. The minimum atomic E-state index is -0.0651. The Kier molecular flexibility index (Phi) is 5.82. The van der Waals surface area contributed by atoms with E-state index in [-0.39, 0.29) is 11.4 Å². The Bertz CT molecular complexity index is 444. The number of likely N-dealkylation sites (N-methyl/N-ethyl adjacent to an activating group) is 1. The molecule has 20 heavy (non-hydrogen) atoms. The van der Waals surface area contributed by atoms with Gasteiger partial charge in [0, 0.05) is 23.8 Å². The lowest BCUT2D eigenvalue weighted by molar-refractivity contribution is -0.122. The zero-order valence-corrected chi connectivity index (χ0v) is 12.8. The SMILES string of the molecule is CN(C)C(C)(C)CNC(=O)CCOc1cccc(N)c1. The average Bonchev–Trinajstić information content (AvgIpc) is 2.36. The Morgan fingerprint density at radius 1 is 1.40 bits per heavy atom. The third kappa shape index (κ3) is 5.48. The second-order valence-electron chi connectivity index (χ2n) is 5.65. The van der Waals surface area contributed by atoms with E-state index in [0.29, 0.717) is 31.0 Å². The van der Waals surface area contributed by atoms with Crippen LogP contribution < -0.4 is 15.8 Å². The van der Waals surface area contributed by atoms with E-state index < -0.39 is 0 Å². The predicted molar refractivity (Wildman–Crippen MR) is 81.7 cm³/mol. The number of carbonyl (C=O) groups excluding carboxylic acids is 1. The van der Waals surface area contributed by atoms with Crippen LogP contribution in [0.1, 0.15) is 20.3 Å². The maximum atomic E-state index is 11.7. The zero-order valence-electron chi connectivity index (χ0n) is 12.8. The summed E-state index contributed by atoms with van der Waals surface area (Å²) in [6.45, 7) is 5.11. The maximum Gasteiger partial charge on any atom is 0.223 e. The van der Waals surface area contributed by atoms with Crippen molar-refractivity contribution >= 4 is 11.6 Å². The van der Waals surface area contributed by atoms with E-state index in [1.165, 1.54) is 0 Å². The molecule has 0 aliphatic rings. The smallest absolute Gasteiger partial charge is 0.223 e. The number of ether oxygens (including phenoxy) is 1. The van der Waals surface area contributed by atoms with Crippen molar-refractivity contribution in [3.05, 3.63) is 24.3 Å². The number of nitrogens with one attached hydrogen (secondary N) is 1. The molecule has 1 amide bonds. The highest BCUT2D eigenvalue weighted by atomic mass is 16.5. The molecule has 0 aromatic heterocycles. The molecule has 0 aliphatic carbocycles. The standard InChI is InChI=1S/C15H25N3O2/c1-15(2,18(3)4)11-17-14(19)8-9-20-13-7-5-6-12(16)10-13/h5-7,10H,8-9,11,16H2,1-4H3,(H,17,19). The third-order valence-corrected chi connectivity index (χ3v) is 3.38. The molecule has 0 atom stereocenters. The summed E-state index contributed by atoms with van der Waals surface area (Å²) in [5.41, 5.74) is 6.24. The van der Waals surface area contributed by atoms with E-state index in [4.69, 9.17) is 10.5 Å². The van der Waals surface area contributed by atoms with Crippen molar-refractivity contribution in [1.82, 2.24) is 10.2 Å². The van der Waals surface area contributed by atoms with Gasteiger partial charge in [-0.1, -0.05) is 6.07 Å². The summed E-state index contributed by atoms with van der Waals surface area (Å²) >= 11 is 0. The van der Waals surface area contributed by atoms with Gasteiger partial charge in [0.15, 0.2) is 0 Å². The summed E-state index contributed by atoms with van der Waals surface area (Å²) in [7, 11) is 3.99.